The molecular weight excluding hydrogens is 158 g/mol. The second-order valence-corrected chi connectivity index (χ2v) is 4.12. The monoisotopic (exact) mass is 177 g/mol. The van der Waals surface area contributed by atoms with Gasteiger partial charge in [0.25, 0.3) is 0 Å². The second kappa shape index (κ2) is 5.00. The molecule has 0 saturated heterocycles. The lowest BCUT2D eigenvalue weighted by Crippen LogP contribution is -2.46. The lowest BCUT2D eigenvalue weighted by molar-refractivity contribution is 0.362. The van der Waals surface area contributed by atoms with Crippen molar-refractivity contribution in [2.75, 3.05) is 5.88 Å². The number of hydrogen-bond acceptors (Lipinski definition) is 1. The molecule has 0 fully saturated rings. The van der Waals surface area contributed by atoms with E-state index in [0.29, 0.717) is 11.9 Å². The Hall–Kier alpha value is 0.250. The molecule has 0 bridgehead atoms. The first-order chi connectivity index (χ1) is 5.02. The van der Waals surface area contributed by atoms with E-state index in [9.17, 15) is 0 Å². The van der Waals surface area contributed by atoms with Crippen LogP contribution in [0.25, 0.3) is 0 Å². The van der Waals surface area contributed by atoms with Crippen LogP contribution in [0.3, 0.4) is 0 Å². The summed E-state index contributed by atoms with van der Waals surface area (Å²) in [5.41, 5.74) is 0.0795. The Balaban J connectivity index is 3.64. The summed E-state index contributed by atoms with van der Waals surface area (Å²) in [6.07, 6.45) is 2.45. The van der Waals surface area contributed by atoms with Gasteiger partial charge in [0.15, 0.2) is 0 Å². The van der Waals surface area contributed by atoms with Gasteiger partial charge in [-0.15, -0.1) is 11.6 Å². The molecule has 2 heteroatoms. The van der Waals surface area contributed by atoms with Crippen LogP contribution < -0.4 is 5.32 Å². The maximum absolute atomic E-state index is 5.77. The molecule has 1 unspecified atom stereocenters. The highest BCUT2D eigenvalue weighted by molar-refractivity contribution is 6.18. The highest BCUT2D eigenvalue weighted by Crippen LogP contribution is 2.07. The summed E-state index contributed by atoms with van der Waals surface area (Å²) in [4.78, 5) is 0. The first kappa shape index (κ1) is 11.2. The highest BCUT2D eigenvalue weighted by atomic mass is 35.5. The van der Waals surface area contributed by atoms with E-state index in [1.54, 1.807) is 0 Å². The van der Waals surface area contributed by atoms with Crippen LogP contribution in [0.5, 0.6) is 0 Å². The number of alkyl halides is 1. The molecule has 0 spiro atoms. The highest BCUT2D eigenvalue weighted by Gasteiger charge is 2.17. The molecule has 0 aromatic carbocycles. The van der Waals surface area contributed by atoms with Gasteiger partial charge in [-0.25, -0.2) is 0 Å². The van der Waals surface area contributed by atoms with Gasteiger partial charge in [-0.3, -0.25) is 0 Å². The average molecular weight is 178 g/mol. The van der Waals surface area contributed by atoms with Crippen molar-refractivity contribution < 1.29 is 0 Å². The van der Waals surface area contributed by atoms with E-state index < -0.39 is 0 Å². The van der Waals surface area contributed by atoms with E-state index in [-0.39, 0.29) is 5.54 Å². The lowest BCUT2D eigenvalue weighted by Gasteiger charge is -2.27. The Bertz CT molecular complexity index is 102. The molecule has 0 aliphatic heterocycles. The van der Waals surface area contributed by atoms with Crippen molar-refractivity contribution in [2.45, 2.75) is 52.1 Å². The minimum Gasteiger partial charge on any atom is -0.308 e. The summed E-state index contributed by atoms with van der Waals surface area (Å²) in [5.74, 6) is 0.668. The lowest BCUT2D eigenvalue weighted by atomic mass is 10.1. The Kier molecular flexibility index (Phi) is 5.11. The van der Waals surface area contributed by atoms with Gasteiger partial charge in [-0.2, -0.15) is 0 Å². The zero-order valence-corrected chi connectivity index (χ0v) is 8.83. The SMILES string of the molecule is CCCC(C)NC(C)(C)CCl. The van der Waals surface area contributed by atoms with Crippen LogP contribution in [0.1, 0.15) is 40.5 Å². The molecule has 0 aromatic heterocycles. The van der Waals surface area contributed by atoms with E-state index in [1.165, 1.54) is 12.8 Å². The van der Waals surface area contributed by atoms with E-state index in [1.807, 2.05) is 0 Å². The fraction of sp³-hybridized carbons (Fsp3) is 1.00. The quantitative estimate of drug-likeness (QED) is 0.637. The summed E-state index contributed by atoms with van der Waals surface area (Å²) in [5, 5.41) is 3.47. The molecular formula is C9H20ClN. The molecule has 1 N–H and O–H groups in total. The Morgan fingerprint density at radius 3 is 2.36 bits per heavy atom. The summed E-state index contributed by atoms with van der Waals surface area (Å²) < 4.78 is 0. The number of rotatable bonds is 5. The van der Waals surface area contributed by atoms with Crippen molar-refractivity contribution in [1.82, 2.24) is 5.32 Å². The van der Waals surface area contributed by atoms with E-state index >= 15 is 0 Å². The van der Waals surface area contributed by atoms with Gasteiger partial charge in [-0.05, 0) is 27.2 Å². The third-order valence-corrected chi connectivity index (χ3v) is 2.36. The van der Waals surface area contributed by atoms with Gasteiger partial charge in [-0.1, -0.05) is 13.3 Å². The molecule has 0 radical (unpaired) electrons. The van der Waals surface area contributed by atoms with Crippen LogP contribution in [-0.4, -0.2) is 17.5 Å². The van der Waals surface area contributed by atoms with Crippen molar-refractivity contribution in [3.8, 4) is 0 Å². The van der Waals surface area contributed by atoms with Gasteiger partial charge >= 0.3 is 0 Å². The maximum atomic E-state index is 5.77. The third-order valence-electron chi connectivity index (χ3n) is 1.69. The van der Waals surface area contributed by atoms with E-state index in [4.69, 9.17) is 11.6 Å². The van der Waals surface area contributed by atoms with Crippen LogP contribution in [0.4, 0.5) is 0 Å². The molecule has 0 aliphatic rings. The summed E-state index contributed by atoms with van der Waals surface area (Å²) in [6, 6.07) is 0.578. The maximum Gasteiger partial charge on any atom is 0.0400 e. The van der Waals surface area contributed by atoms with Crippen LogP contribution in [0.15, 0.2) is 0 Å². The predicted octanol–water partition coefficient (Wildman–Crippen LogP) is 2.78. The molecule has 0 aliphatic carbocycles. The van der Waals surface area contributed by atoms with E-state index in [0.717, 1.165) is 0 Å². The molecule has 11 heavy (non-hydrogen) atoms. The first-order valence-corrected chi connectivity index (χ1v) is 4.89. The predicted molar refractivity (Wildman–Crippen MR) is 52.3 cm³/mol. The summed E-state index contributed by atoms with van der Waals surface area (Å²) >= 11 is 5.77. The Morgan fingerprint density at radius 2 is 2.00 bits per heavy atom. The van der Waals surface area contributed by atoms with Crippen molar-refractivity contribution in [2.24, 2.45) is 0 Å². The van der Waals surface area contributed by atoms with Crippen molar-refractivity contribution in [3.05, 3.63) is 0 Å². The third kappa shape index (κ3) is 5.51. The Morgan fingerprint density at radius 1 is 1.45 bits per heavy atom. The molecule has 0 heterocycles. The van der Waals surface area contributed by atoms with Gasteiger partial charge < -0.3 is 5.32 Å². The molecule has 1 nitrogen and oxygen atoms in total. The van der Waals surface area contributed by atoms with Gasteiger partial charge in [0.1, 0.15) is 0 Å². The molecule has 0 amide bonds. The first-order valence-electron chi connectivity index (χ1n) is 4.35. The second-order valence-electron chi connectivity index (χ2n) is 3.85. The van der Waals surface area contributed by atoms with Gasteiger partial charge in [0.2, 0.25) is 0 Å². The van der Waals surface area contributed by atoms with Crippen molar-refractivity contribution in [1.29, 1.82) is 0 Å². The minimum atomic E-state index is 0.0795. The summed E-state index contributed by atoms with van der Waals surface area (Å²) in [7, 11) is 0. The molecule has 68 valence electrons. The normalized spacial score (nSPS) is 15.0. The standard InChI is InChI=1S/C9H20ClN/c1-5-6-8(2)11-9(3,4)7-10/h8,11H,5-7H2,1-4H3. The van der Waals surface area contributed by atoms with Crippen LogP contribution in [-0.2, 0) is 0 Å². The zero-order chi connectivity index (χ0) is 8.91. The van der Waals surface area contributed by atoms with Crippen LogP contribution in [0.2, 0.25) is 0 Å². The Labute approximate surface area is 75.5 Å². The van der Waals surface area contributed by atoms with Crippen molar-refractivity contribution >= 4 is 11.6 Å². The molecule has 0 saturated carbocycles. The average Bonchev–Trinajstić information content (AvgIpc) is 1.87. The number of halogens is 1. The van der Waals surface area contributed by atoms with Crippen LogP contribution in [0, 0.1) is 0 Å². The smallest absolute Gasteiger partial charge is 0.0400 e. The van der Waals surface area contributed by atoms with Gasteiger partial charge in [0.05, 0.1) is 0 Å². The van der Waals surface area contributed by atoms with E-state index in [2.05, 4.69) is 33.0 Å². The molecule has 0 aromatic rings. The number of nitrogens with one attached hydrogen (secondary N) is 1. The largest absolute Gasteiger partial charge is 0.308 e. The molecule has 1 atom stereocenters. The summed E-state index contributed by atoms with van der Waals surface area (Å²) in [6.45, 7) is 8.67. The fourth-order valence-corrected chi connectivity index (χ4v) is 1.29. The van der Waals surface area contributed by atoms with Crippen molar-refractivity contribution in [3.63, 3.8) is 0 Å². The van der Waals surface area contributed by atoms with Crippen LogP contribution >= 0.6 is 11.6 Å². The minimum absolute atomic E-state index is 0.0795. The zero-order valence-electron chi connectivity index (χ0n) is 8.08. The fourth-order valence-electron chi connectivity index (χ4n) is 1.21. The van der Waals surface area contributed by atoms with Gasteiger partial charge in [0, 0.05) is 17.5 Å². The topological polar surface area (TPSA) is 12.0 Å². The molecule has 0 rings (SSSR count). The number of hydrogen-bond donors (Lipinski definition) is 1.